The van der Waals surface area contributed by atoms with E-state index in [0.29, 0.717) is 32.7 Å². The molecule has 9 heteroatoms. The van der Waals surface area contributed by atoms with E-state index in [2.05, 4.69) is 30.9 Å². The van der Waals surface area contributed by atoms with Crippen molar-refractivity contribution in [2.75, 3.05) is 37.6 Å². The van der Waals surface area contributed by atoms with Crippen molar-refractivity contribution in [1.29, 1.82) is 0 Å². The molecule has 0 N–H and O–H groups in total. The molecule has 2 aliphatic heterocycles. The van der Waals surface area contributed by atoms with Crippen molar-refractivity contribution in [1.82, 2.24) is 8.61 Å². The highest BCUT2D eigenvalue weighted by atomic mass is 32.2. The molecule has 0 aliphatic carbocycles. The number of aryl methyl sites for hydroxylation is 1. The van der Waals surface area contributed by atoms with Gasteiger partial charge in [-0.15, -0.1) is 0 Å². The van der Waals surface area contributed by atoms with Crippen LogP contribution >= 0.6 is 0 Å². The van der Waals surface area contributed by atoms with Gasteiger partial charge in [0.05, 0.1) is 9.79 Å². The molecule has 2 aromatic rings. The molecule has 7 nitrogen and oxygen atoms in total. The van der Waals surface area contributed by atoms with E-state index in [1.807, 2.05) is 13.0 Å². The zero-order valence-electron chi connectivity index (χ0n) is 19.6. The lowest BCUT2D eigenvalue weighted by molar-refractivity contribution is 0.268. The van der Waals surface area contributed by atoms with Gasteiger partial charge in [0.15, 0.2) is 0 Å². The largest absolute Gasteiger partial charge is 0.369 e. The van der Waals surface area contributed by atoms with Crippen LogP contribution < -0.4 is 4.90 Å². The van der Waals surface area contributed by atoms with Gasteiger partial charge in [0.2, 0.25) is 20.0 Å². The number of piperazine rings is 1. The minimum Gasteiger partial charge on any atom is -0.369 e. The summed E-state index contributed by atoms with van der Waals surface area (Å²) in [6.07, 6.45) is 2.73. The average molecular weight is 492 g/mol. The van der Waals surface area contributed by atoms with Crippen LogP contribution in [0.25, 0.3) is 0 Å². The molecule has 0 aromatic heterocycles. The van der Waals surface area contributed by atoms with E-state index in [0.717, 1.165) is 24.9 Å². The maximum atomic E-state index is 13.2. The Hall–Kier alpha value is -1.94. The fraction of sp³-hybridized carbons (Fsp3) is 0.500. The number of sulfonamides is 2. The zero-order chi connectivity index (χ0) is 23.8. The molecule has 0 spiro atoms. The Kier molecular flexibility index (Phi) is 6.87. The van der Waals surface area contributed by atoms with Gasteiger partial charge in [-0.05, 0) is 75.1 Å². The molecule has 2 aliphatic rings. The third-order valence-corrected chi connectivity index (χ3v) is 10.9. The summed E-state index contributed by atoms with van der Waals surface area (Å²) in [6.45, 7) is 8.61. The second-order valence-corrected chi connectivity index (χ2v) is 12.9. The predicted molar refractivity (Wildman–Crippen MR) is 131 cm³/mol. The van der Waals surface area contributed by atoms with Crippen LogP contribution in [0.3, 0.4) is 0 Å². The van der Waals surface area contributed by atoms with Gasteiger partial charge < -0.3 is 4.90 Å². The lowest BCUT2D eigenvalue weighted by Crippen LogP contribution is -2.48. The first-order valence-electron chi connectivity index (χ1n) is 11.6. The lowest BCUT2D eigenvalue weighted by atomic mass is 10.1. The minimum absolute atomic E-state index is 0.0412. The van der Waals surface area contributed by atoms with E-state index in [-0.39, 0.29) is 15.8 Å². The Balaban J connectivity index is 1.48. The first-order chi connectivity index (χ1) is 15.6. The molecular weight excluding hydrogens is 458 g/mol. The monoisotopic (exact) mass is 491 g/mol. The van der Waals surface area contributed by atoms with Crippen LogP contribution in [-0.2, 0) is 20.0 Å². The van der Waals surface area contributed by atoms with E-state index in [1.54, 1.807) is 0 Å². The third kappa shape index (κ3) is 4.69. The maximum absolute atomic E-state index is 13.2. The van der Waals surface area contributed by atoms with Gasteiger partial charge in [-0.1, -0.05) is 18.6 Å². The van der Waals surface area contributed by atoms with E-state index in [9.17, 15) is 16.8 Å². The fourth-order valence-corrected chi connectivity index (χ4v) is 7.87. The topological polar surface area (TPSA) is 78.0 Å². The summed E-state index contributed by atoms with van der Waals surface area (Å²) in [5.41, 5.74) is 3.58. The summed E-state index contributed by atoms with van der Waals surface area (Å²) in [7, 11) is -7.31. The van der Waals surface area contributed by atoms with Crippen molar-refractivity contribution in [3.63, 3.8) is 0 Å². The van der Waals surface area contributed by atoms with Crippen LogP contribution in [-0.4, -0.2) is 64.2 Å². The van der Waals surface area contributed by atoms with Crippen molar-refractivity contribution in [3.8, 4) is 0 Å². The molecule has 0 amide bonds. The first kappa shape index (κ1) is 24.2. The highest BCUT2D eigenvalue weighted by Crippen LogP contribution is 2.28. The second kappa shape index (κ2) is 9.37. The van der Waals surface area contributed by atoms with Gasteiger partial charge in [-0.2, -0.15) is 8.61 Å². The van der Waals surface area contributed by atoms with Gasteiger partial charge in [0.25, 0.3) is 0 Å². The number of anilines is 1. The maximum Gasteiger partial charge on any atom is 0.243 e. The molecule has 2 heterocycles. The van der Waals surface area contributed by atoms with Crippen molar-refractivity contribution >= 4 is 25.7 Å². The van der Waals surface area contributed by atoms with Crippen LogP contribution in [0, 0.1) is 13.8 Å². The highest BCUT2D eigenvalue weighted by molar-refractivity contribution is 7.89. The second-order valence-electron chi connectivity index (χ2n) is 9.04. The Bertz CT molecular complexity index is 1200. The third-order valence-electron chi connectivity index (χ3n) is 6.97. The van der Waals surface area contributed by atoms with E-state index < -0.39 is 20.0 Å². The lowest BCUT2D eigenvalue weighted by Gasteiger charge is -2.36. The number of benzene rings is 2. The molecule has 1 unspecified atom stereocenters. The van der Waals surface area contributed by atoms with E-state index in [1.165, 1.54) is 44.0 Å². The van der Waals surface area contributed by atoms with Crippen molar-refractivity contribution in [3.05, 3.63) is 53.6 Å². The van der Waals surface area contributed by atoms with Crippen LogP contribution in [0.4, 0.5) is 5.69 Å². The Morgan fingerprint density at radius 2 is 1.36 bits per heavy atom. The van der Waals surface area contributed by atoms with Crippen molar-refractivity contribution in [2.45, 2.75) is 55.9 Å². The fourth-order valence-electron chi connectivity index (χ4n) is 4.74. The average Bonchev–Trinajstić information content (AvgIpc) is 2.81. The van der Waals surface area contributed by atoms with Crippen LogP contribution in [0.1, 0.15) is 37.3 Å². The molecule has 0 saturated carbocycles. The summed E-state index contributed by atoms with van der Waals surface area (Å²) in [5, 5.41) is 0. The summed E-state index contributed by atoms with van der Waals surface area (Å²) < 4.78 is 55.5. The summed E-state index contributed by atoms with van der Waals surface area (Å²) in [4.78, 5) is 2.51. The smallest absolute Gasteiger partial charge is 0.243 e. The summed E-state index contributed by atoms with van der Waals surface area (Å²) in [5.74, 6) is 0. The zero-order valence-corrected chi connectivity index (χ0v) is 21.2. The molecule has 0 radical (unpaired) electrons. The van der Waals surface area contributed by atoms with Gasteiger partial charge in [-0.25, -0.2) is 16.8 Å². The molecule has 2 aromatic carbocycles. The standard InChI is InChI=1S/C24H33N3O4S2/c1-19-7-6-9-24(21(19)3)25-15-17-26(18-16-25)32(28,29)22-10-12-23(13-11-22)33(30,31)27-14-5-4-8-20(27)2/h6-7,9-13,20H,4-5,8,14-18H2,1-3H3. The van der Waals surface area contributed by atoms with E-state index in [4.69, 9.17) is 0 Å². The van der Waals surface area contributed by atoms with E-state index >= 15 is 0 Å². The Morgan fingerprint density at radius 3 is 1.97 bits per heavy atom. The van der Waals surface area contributed by atoms with Crippen LogP contribution in [0.15, 0.2) is 52.3 Å². The number of nitrogens with zero attached hydrogens (tertiary/aromatic N) is 3. The van der Waals surface area contributed by atoms with Crippen molar-refractivity contribution in [2.24, 2.45) is 0 Å². The quantitative estimate of drug-likeness (QED) is 0.641. The summed E-state index contributed by atoms with van der Waals surface area (Å²) in [6, 6.07) is 11.8. The molecule has 2 saturated heterocycles. The Labute approximate surface area is 198 Å². The normalized spacial score (nSPS) is 21.3. The highest BCUT2D eigenvalue weighted by Gasteiger charge is 2.32. The van der Waals surface area contributed by atoms with Crippen LogP contribution in [0.5, 0.6) is 0 Å². The molecule has 33 heavy (non-hydrogen) atoms. The Morgan fingerprint density at radius 1 is 0.758 bits per heavy atom. The molecule has 2 fully saturated rings. The number of piperidine rings is 1. The number of rotatable bonds is 5. The van der Waals surface area contributed by atoms with Gasteiger partial charge in [0, 0.05) is 44.5 Å². The van der Waals surface area contributed by atoms with Crippen molar-refractivity contribution < 1.29 is 16.8 Å². The molecule has 0 bridgehead atoms. The number of hydrogen-bond acceptors (Lipinski definition) is 5. The van der Waals surface area contributed by atoms with Gasteiger partial charge in [-0.3, -0.25) is 0 Å². The first-order valence-corrected chi connectivity index (χ1v) is 14.4. The summed E-state index contributed by atoms with van der Waals surface area (Å²) >= 11 is 0. The van der Waals surface area contributed by atoms with Gasteiger partial charge in [0.1, 0.15) is 0 Å². The predicted octanol–water partition coefficient (Wildman–Crippen LogP) is 3.38. The van der Waals surface area contributed by atoms with Crippen LogP contribution in [0.2, 0.25) is 0 Å². The molecule has 4 rings (SSSR count). The number of hydrogen-bond donors (Lipinski definition) is 0. The minimum atomic E-state index is -3.69. The SMILES string of the molecule is Cc1cccc(N2CCN(S(=O)(=O)c3ccc(S(=O)(=O)N4CCCCC4C)cc3)CC2)c1C. The van der Waals surface area contributed by atoms with Gasteiger partial charge >= 0.3 is 0 Å². The molecule has 1 atom stereocenters. The molecule has 180 valence electrons. The molecular formula is C24H33N3O4S2.